The Labute approximate surface area is 154 Å². The molecule has 0 spiro atoms. The number of esters is 1. The molecule has 1 amide bonds. The molecular weight excluding hydrogens is 352 g/mol. The van der Waals surface area contributed by atoms with Crippen LogP contribution in [0.5, 0.6) is 0 Å². The van der Waals surface area contributed by atoms with Crippen molar-refractivity contribution in [3.8, 4) is 0 Å². The third-order valence-electron chi connectivity index (χ3n) is 3.94. The first kappa shape index (κ1) is 18.1. The Morgan fingerprint density at radius 2 is 2.00 bits per heavy atom. The largest absolute Gasteiger partial charge is 0.462 e. The smallest absolute Gasteiger partial charge is 0.338 e. The molecule has 0 aliphatic rings. The molecule has 136 valence electrons. The second-order valence-corrected chi connectivity index (χ2v) is 6.49. The van der Waals surface area contributed by atoms with Gasteiger partial charge in [-0.15, -0.1) is 0 Å². The van der Waals surface area contributed by atoms with Gasteiger partial charge in [0.2, 0.25) is 0 Å². The van der Waals surface area contributed by atoms with Gasteiger partial charge in [-0.3, -0.25) is 9.48 Å². The van der Waals surface area contributed by atoms with Gasteiger partial charge in [0.25, 0.3) is 5.91 Å². The van der Waals surface area contributed by atoms with Crippen LogP contribution in [0.15, 0.2) is 35.5 Å². The molecule has 0 N–H and O–H groups in total. The molecule has 0 atom stereocenters. The molecule has 0 fully saturated rings. The number of aromatic nitrogens is 3. The molecule has 0 aliphatic heterocycles. The van der Waals surface area contributed by atoms with Gasteiger partial charge in [-0.25, -0.2) is 4.79 Å². The molecule has 0 bridgehead atoms. The van der Waals surface area contributed by atoms with E-state index in [-0.39, 0.29) is 11.9 Å². The highest BCUT2D eigenvalue weighted by Gasteiger charge is 2.14. The molecule has 2 heterocycles. The van der Waals surface area contributed by atoms with E-state index in [1.54, 1.807) is 36.0 Å². The highest BCUT2D eigenvalue weighted by molar-refractivity contribution is 7.16. The van der Waals surface area contributed by atoms with E-state index in [9.17, 15) is 9.59 Å². The Hall–Kier alpha value is -2.74. The lowest BCUT2D eigenvalue weighted by Gasteiger charge is -2.03. The maximum Gasteiger partial charge on any atom is 0.338 e. The number of benzene rings is 1. The lowest BCUT2D eigenvalue weighted by atomic mass is 10.2. The van der Waals surface area contributed by atoms with Crippen molar-refractivity contribution in [2.75, 3.05) is 6.61 Å². The number of aryl methyl sites for hydroxylation is 2. The van der Waals surface area contributed by atoms with Gasteiger partial charge in [0.15, 0.2) is 4.80 Å². The zero-order chi connectivity index (χ0) is 18.7. The number of amides is 1. The lowest BCUT2D eigenvalue weighted by Crippen LogP contribution is -2.17. The van der Waals surface area contributed by atoms with Crippen molar-refractivity contribution in [2.24, 2.45) is 4.99 Å². The number of nitrogens with zero attached hydrogens (tertiary/aromatic N) is 4. The first-order valence-electron chi connectivity index (χ1n) is 8.50. The molecule has 3 rings (SSSR count). The van der Waals surface area contributed by atoms with Gasteiger partial charge in [-0.2, -0.15) is 10.1 Å². The first-order valence-corrected chi connectivity index (χ1v) is 9.32. The predicted octanol–water partition coefficient (Wildman–Crippen LogP) is 2.86. The number of carbonyl (C=O) groups excluding carboxylic acids is 2. The summed E-state index contributed by atoms with van der Waals surface area (Å²) in [7, 11) is 0. The van der Waals surface area contributed by atoms with Crippen LogP contribution in [0.4, 0.5) is 0 Å². The highest BCUT2D eigenvalue weighted by Crippen LogP contribution is 2.20. The fourth-order valence-electron chi connectivity index (χ4n) is 2.72. The monoisotopic (exact) mass is 372 g/mol. The summed E-state index contributed by atoms with van der Waals surface area (Å²) in [5.41, 5.74) is 1.88. The average molecular weight is 372 g/mol. The fraction of sp³-hybridized carbons (Fsp3) is 0.333. The minimum atomic E-state index is -0.354. The second kappa shape index (κ2) is 7.65. The summed E-state index contributed by atoms with van der Waals surface area (Å²) < 4.78 is 9.51. The van der Waals surface area contributed by atoms with Crippen molar-refractivity contribution in [3.05, 3.63) is 46.5 Å². The quantitative estimate of drug-likeness (QED) is 0.645. The van der Waals surface area contributed by atoms with E-state index in [1.807, 2.05) is 24.5 Å². The molecule has 2 aromatic heterocycles. The molecule has 0 unspecified atom stereocenters. The molecular formula is C18H20N4O3S. The van der Waals surface area contributed by atoms with Crippen LogP contribution in [-0.4, -0.2) is 32.8 Å². The fourth-order valence-corrected chi connectivity index (χ4v) is 3.85. The van der Waals surface area contributed by atoms with Crippen LogP contribution < -0.4 is 4.80 Å². The molecule has 1 aromatic carbocycles. The minimum Gasteiger partial charge on any atom is -0.462 e. The van der Waals surface area contributed by atoms with Gasteiger partial charge in [-0.1, -0.05) is 11.3 Å². The normalized spacial score (nSPS) is 11.9. The molecule has 8 heteroatoms. The maximum absolute atomic E-state index is 12.6. The van der Waals surface area contributed by atoms with Crippen LogP contribution in [-0.2, 0) is 17.8 Å². The van der Waals surface area contributed by atoms with Crippen molar-refractivity contribution in [1.82, 2.24) is 14.3 Å². The number of carbonyl (C=O) groups is 2. The summed E-state index contributed by atoms with van der Waals surface area (Å²) in [5, 5.41) is 4.11. The maximum atomic E-state index is 12.6. The molecule has 7 nitrogen and oxygen atoms in total. The van der Waals surface area contributed by atoms with Crippen LogP contribution in [0, 0.1) is 0 Å². The summed E-state index contributed by atoms with van der Waals surface area (Å²) in [6.45, 7) is 7.29. The molecule has 0 saturated carbocycles. The summed E-state index contributed by atoms with van der Waals surface area (Å²) in [5.74, 6) is -0.684. The van der Waals surface area contributed by atoms with E-state index < -0.39 is 0 Å². The van der Waals surface area contributed by atoms with Crippen molar-refractivity contribution in [3.63, 3.8) is 0 Å². The molecule has 0 saturated heterocycles. The van der Waals surface area contributed by atoms with Crippen LogP contribution in [0.25, 0.3) is 10.2 Å². The minimum absolute atomic E-state index is 0.330. The topological polar surface area (TPSA) is 78.5 Å². The van der Waals surface area contributed by atoms with Gasteiger partial charge < -0.3 is 9.30 Å². The Balaban J connectivity index is 2.08. The SMILES string of the molecule is CCOC(=O)c1ccc2c(c1)sc(=NC(=O)c1ccnn1CC)n2CC. The van der Waals surface area contributed by atoms with Crippen molar-refractivity contribution in [1.29, 1.82) is 0 Å². The third kappa shape index (κ3) is 3.32. The Bertz CT molecular complexity index is 1030. The van der Waals surface area contributed by atoms with Crippen LogP contribution in [0.1, 0.15) is 41.6 Å². The first-order chi connectivity index (χ1) is 12.6. The van der Waals surface area contributed by atoms with Gasteiger partial charge in [0.05, 0.1) is 22.4 Å². The summed E-state index contributed by atoms with van der Waals surface area (Å²) in [6, 6.07) is 7.04. The van der Waals surface area contributed by atoms with Crippen LogP contribution in [0.3, 0.4) is 0 Å². The molecule has 3 aromatic rings. The number of rotatable bonds is 5. The Morgan fingerprint density at radius 1 is 1.19 bits per heavy atom. The van der Waals surface area contributed by atoms with Crippen molar-refractivity contribution in [2.45, 2.75) is 33.9 Å². The zero-order valence-electron chi connectivity index (χ0n) is 14.9. The summed E-state index contributed by atoms with van der Waals surface area (Å²) >= 11 is 1.38. The van der Waals surface area contributed by atoms with Gasteiger partial charge >= 0.3 is 5.97 Å². The Kier molecular flexibility index (Phi) is 5.32. The second-order valence-electron chi connectivity index (χ2n) is 5.48. The van der Waals surface area contributed by atoms with E-state index in [0.717, 1.165) is 10.2 Å². The van der Waals surface area contributed by atoms with Gasteiger partial charge in [-0.05, 0) is 45.0 Å². The van der Waals surface area contributed by atoms with E-state index in [1.165, 1.54) is 11.3 Å². The number of ether oxygens (including phenoxy) is 1. The van der Waals surface area contributed by atoms with Crippen LogP contribution in [0.2, 0.25) is 0 Å². The van der Waals surface area contributed by atoms with E-state index in [4.69, 9.17) is 4.74 Å². The van der Waals surface area contributed by atoms with E-state index in [2.05, 4.69) is 10.1 Å². The van der Waals surface area contributed by atoms with Crippen molar-refractivity contribution < 1.29 is 14.3 Å². The van der Waals surface area contributed by atoms with Crippen molar-refractivity contribution >= 4 is 33.4 Å². The van der Waals surface area contributed by atoms with Crippen LogP contribution >= 0.6 is 11.3 Å². The molecule has 26 heavy (non-hydrogen) atoms. The Morgan fingerprint density at radius 3 is 2.69 bits per heavy atom. The number of hydrogen-bond acceptors (Lipinski definition) is 5. The lowest BCUT2D eigenvalue weighted by molar-refractivity contribution is 0.0526. The van der Waals surface area contributed by atoms with E-state index in [0.29, 0.717) is 35.8 Å². The highest BCUT2D eigenvalue weighted by atomic mass is 32.1. The molecule has 0 radical (unpaired) electrons. The summed E-state index contributed by atoms with van der Waals surface area (Å²) in [6.07, 6.45) is 1.59. The number of thiazole rings is 1. The summed E-state index contributed by atoms with van der Waals surface area (Å²) in [4.78, 5) is 29.4. The van der Waals surface area contributed by atoms with E-state index >= 15 is 0 Å². The molecule has 0 aliphatic carbocycles. The number of hydrogen-bond donors (Lipinski definition) is 0. The number of fused-ring (bicyclic) bond motifs is 1. The average Bonchev–Trinajstić information content (AvgIpc) is 3.24. The third-order valence-corrected chi connectivity index (χ3v) is 4.98. The zero-order valence-corrected chi connectivity index (χ0v) is 15.7. The van der Waals surface area contributed by atoms with Gasteiger partial charge in [0, 0.05) is 19.3 Å². The predicted molar refractivity (Wildman–Crippen MR) is 99.2 cm³/mol. The standard InChI is InChI=1S/C18H20N4O3S/c1-4-21-13-8-7-12(17(24)25-6-3)11-15(13)26-18(21)20-16(23)14-9-10-19-22(14)5-2/h7-11H,4-6H2,1-3H3. The van der Waals surface area contributed by atoms with Gasteiger partial charge in [0.1, 0.15) is 5.69 Å².